The predicted octanol–water partition coefficient (Wildman–Crippen LogP) is 3.73. The van der Waals surface area contributed by atoms with Crippen molar-refractivity contribution in [2.45, 2.75) is 25.6 Å². The van der Waals surface area contributed by atoms with E-state index in [0.29, 0.717) is 0 Å². The molecule has 0 fully saturated rings. The molecule has 0 aliphatic heterocycles. The Balaban J connectivity index is 1.95. The number of carbonyl (C=O) groups is 2. The molecule has 0 saturated carbocycles. The highest BCUT2D eigenvalue weighted by Gasteiger charge is 2.30. The lowest BCUT2D eigenvalue weighted by Gasteiger charge is -2.14. The zero-order valence-electron chi connectivity index (χ0n) is 14.5. The van der Waals surface area contributed by atoms with E-state index in [1.807, 2.05) is 0 Å². The fraction of sp³-hybridized carbons (Fsp3) is 0.222. The van der Waals surface area contributed by atoms with Crippen LogP contribution >= 0.6 is 0 Å². The van der Waals surface area contributed by atoms with Crippen molar-refractivity contribution in [2.75, 3.05) is 5.32 Å². The summed E-state index contributed by atoms with van der Waals surface area (Å²) in [6, 6.07) is 9.37. The average molecular weight is 396 g/mol. The largest absolute Gasteiger partial charge is 0.452 e. The molecular formula is C18H15F3N2O5. The molecule has 0 aliphatic carbocycles. The van der Waals surface area contributed by atoms with Crippen LogP contribution in [0.4, 0.5) is 24.5 Å². The lowest BCUT2D eigenvalue weighted by atomic mass is 10.1. The monoisotopic (exact) mass is 396 g/mol. The van der Waals surface area contributed by atoms with Crippen LogP contribution in [0.15, 0.2) is 48.5 Å². The SMILES string of the molecule is C[C@@H](OC(=O)Cc1ccccc1[N+](=O)[O-])C(=O)Nc1ccc(C(F)(F)F)cc1. The summed E-state index contributed by atoms with van der Waals surface area (Å²) >= 11 is 0. The molecule has 148 valence electrons. The number of carbonyl (C=O) groups excluding carboxylic acids is 2. The molecular weight excluding hydrogens is 381 g/mol. The average Bonchev–Trinajstić information content (AvgIpc) is 2.61. The minimum absolute atomic E-state index is 0.0968. The molecule has 0 spiro atoms. The van der Waals surface area contributed by atoms with Gasteiger partial charge in [0, 0.05) is 17.3 Å². The van der Waals surface area contributed by atoms with Crippen molar-refractivity contribution in [1.29, 1.82) is 0 Å². The lowest BCUT2D eigenvalue weighted by Crippen LogP contribution is -2.30. The van der Waals surface area contributed by atoms with E-state index in [1.54, 1.807) is 0 Å². The number of benzene rings is 2. The highest BCUT2D eigenvalue weighted by Crippen LogP contribution is 2.29. The third-order valence-corrected chi connectivity index (χ3v) is 3.68. The summed E-state index contributed by atoms with van der Waals surface area (Å²) in [5, 5.41) is 13.3. The summed E-state index contributed by atoms with van der Waals surface area (Å²) in [6.07, 6.45) is -6.15. The molecule has 2 rings (SSSR count). The fourth-order valence-electron chi connectivity index (χ4n) is 2.27. The van der Waals surface area contributed by atoms with Gasteiger partial charge in [-0.15, -0.1) is 0 Å². The van der Waals surface area contributed by atoms with Crippen LogP contribution in [0.25, 0.3) is 0 Å². The Morgan fingerprint density at radius 2 is 1.75 bits per heavy atom. The van der Waals surface area contributed by atoms with Crippen LogP contribution < -0.4 is 5.32 Å². The van der Waals surface area contributed by atoms with Gasteiger partial charge in [0.05, 0.1) is 16.9 Å². The lowest BCUT2D eigenvalue weighted by molar-refractivity contribution is -0.385. The second-order valence-corrected chi connectivity index (χ2v) is 5.76. The van der Waals surface area contributed by atoms with Gasteiger partial charge in [0.25, 0.3) is 11.6 Å². The Bertz CT molecular complexity index is 882. The molecule has 28 heavy (non-hydrogen) atoms. The number of nitro benzene ring substituents is 1. The van der Waals surface area contributed by atoms with Gasteiger partial charge < -0.3 is 10.1 Å². The van der Waals surface area contributed by atoms with Crippen LogP contribution in [0.1, 0.15) is 18.1 Å². The third-order valence-electron chi connectivity index (χ3n) is 3.68. The Labute approximate surface area is 157 Å². The summed E-state index contributed by atoms with van der Waals surface area (Å²) in [4.78, 5) is 34.3. The van der Waals surface area contributed by atoms with Gasteiger partial charge in [0.1, 0.15) is 0 Å². The third kappa shape index (κ3) is 5.53. The molecule has 2 aromatic rings. The van der Waals surface area contributed by atoms with E-state index in [0.717, 1.165) is 24.3 Å². The zero-order valence-corrected chi connectivity index (χ0v) is 14.5. The Kier molecular flexibility index (Phi) is 6.34. The minimum Gasteiger partial charge on any atom is -0.452 e. The number of esters is 1. The Morgan fingerprint density at radius 1 is 1.14 bits per heavy atom. The number of hydrogen-bond acceptors (Lipinski definition) is 5. The number of nitrogens with one attached hydrogen (secondary N) is 1. The number of alkyl halides is 3. The van der Waals surface area contributed by atoms with Crippen LogP contribution in [0.5, 0.6) is 0 Å². The van der Waals surface area contributed by atoms with Gasteiger partial charge in [0.2, 0.25) is 0 Å². The van der Waals surface area contributed by atoms with Crippen LogP contribution in [0, 0.1) is 10.1 Å². The van der Waals surface area contributed by atoms with Gasteiger partial charge in [-0.3, -0.25) is 19.7 Å². The summed E-state index contributed by atoms with van der Waals surface area (Å²) in [5.41, 5.74) is -0.886. The molecule has 0 aromatic heterocycles. The molecule has 10 heteroatoms. The van der Waals surface area contributed by atoms with Crippen LogP contribution in [-0.2, 0) is 26.9 Å². The molecule has 0 heterocycles. The van der Waals surface area contributed by atoms with Crippen molar-refractivity contribution in [3.8, 4) is 0 Å². The molecule has 0 unspecified atom stereocenters. The van der Waals surface area contributed by atoms with Gasteiger partial charge in [-0.25, -0.2) is 0 Å². The topological polar surface area (TPSA) is 98.5 Å². The summed E-state index contributed by atoms with van der Waals surface area (Å²) in [6.45, 7) is 1.27. The highest BCUT2D eigenvalue weighted by atomic mass is 19.4. The number of nitro groups is 1. The number of nitrogens with zero attached hydrogens (tertiary/aromatic N) is 1. The maximum absolute atomic E-state index is 12.5. The standard InChI is InChI=1S/C18H15F3N2O5/c1-11(17(25)22-14-8-6-13(7-9-14)18(19,20)21)28-16(24)10-12-4-2-3-5-15(12)23(26)27/h2-9,11H,10H2,1H3,(H,22,25)/t11-/m1/s1. The van der Waals surface area contributed by atoms with E-state index in [4.69, 9.17) is 4.74 Å². The van der Waals surface area contributed by atoms with Gasteiger partial charge in [-0.1, -0.05) is 18.2 Å². The summed E-state index contributed by atoms with van der Waals surface area (Å²) in [5.74, 6) is -1.61. The second-order valence-electron chi connectivity index (χ2n) is 5.76. The first-order valence-corrected chi connectivity index (χ1v) is 7.98. The van der Waals surface area contributed by atoms with Gasteiger partial charge >= 0.3 is 12.1 Å². The molecule has 0 bridgehead atoms. The number of rotatable bonds is 6. The zero-order chi connectivity index (χ0) is 20.9. The van der Waals surface area contributed by atoms with Crippen molar-refractivity contribution >= 4 is 23.3 Å². The number of amides is 1. The van der Waals surface area contributed by atoms with E-state index in [-0.39, 0.29) is 16.9 Å². The maximum atomic E-state index is 12.5. The first-order valence-electron chi connectivity index (χ1n) is 7.98. The quantitative estimate of drug-likeness (QED) is 0.456. The van der Waals surface area contributed by atoms with Crippen LogP contribution in [0.2, 0.25) is 0 Å². The summed E-state index contributed by atoms with van der Waals surface area (Å²) in [7, 11) is 0. The van der Waals surface area contributed by atoms with E-state index >= 15 is 0 Å². The molecule has 1 N–H and O–H groups in total. The van der Waals surface area contributed by atoms with E-state index in [2.05, 4.69) is 5.32 Å². The Hall–Kier alpha value is -3.43. The van der Waals surface area contributed by atoms with Crippen molar-refractivity contribution in [3.63, 3.8) is 0 Å². The van der Waals surface area contributed by atoms with Crippen LogP contribution in [0.3, 0.4) is 0 Å². The molecule has 0 saturated heterocycles. The van der Waals surface area contributed by atoms with Crippen molar-refractivity contribution in [1.82, 2.24) is 0 Å². The van der Waals surface area contributed by atoms with Crippen molar-refractivity contribution in [2.24, 2.45) is 0 Å². The van der Waals surface area contributed by atoms with Gasteiger partial charge in [-0.2, -0.15) is 13.2 Å². The first-order chi connectivity index (χ1) is 13.1. The predicted molar refractivity (Wildman–Crippen MR) is 92.4 cm³/mol. The number of para-hydroxylation sites is 1. The summed E-state index contributed by atoms with van der Waals surface area (Å²) < 4.78 is 42.5. The van der Waals surface area contributed by atoms with Gasteiger partial charge in [-0.05, 0) is 31.2 Å². The highest BCUT2D eigenvalue weighted by molar-refractivity contribution is 5.95. The van der Waals surface area contributed by atoms with Crippen LogP contribution in [-0.4, -0.2) is 22.9 Å². The Morgan fingerprint density at radius 3 is 2.32 bits per heavy atom. The number of hydrogen-bond donors (Lipinski definition) is 1. The maximum Gasteiger partial charge on any atom is 0.416 e. The van der Waals surface area contributed by atoms with Gasteiger partial charge in [0.15, 0.2) is 6.10 Å². The van der Waals surface area contributed by atoms with E-state index in [9.17, 15) is 32.9 Å². The first kappa shape index (κ1) is 20.9. The molecule has 0 aliphatic rings. The minimum atomic E-state index is -4.49. The number of halogens is 3. The second kappa shape index (κ2) is 8.51. The fourth-order valence-corrected chi connectivity index (χ4v) is 2.27. The molecule has 2 aromatic carbocycles. The molecule has 0 radical (unpaired) electrons. The van der Waals surface area contributed by atoms with E-state index in [1.165, 1.54) is 31.2 Å². The smallest absolute Gasteiger partial charge is 0.416 e. The number of anilines is 1. The molecule has 1 amide bonds. The normalized spacial score (nSPS) is 12.1. The van der Waals surface area contributed by atoms with Crippen molar-refractivity contribution in [3.05, 3.63) is 69.8 Å². The number of ether oxygens (including phenoxy) is 1. The molecule has 1 atom stereocenters. The van der Waals surface area contributed by atoms with Crippen molar-refractivity contribution < 1.29 is 32.4 Å². The molecule has 7 nitrogen and oxygen atoms in total. The van der Waals surface area contributed by atoms with E-state index < -0.39 is 41.1 Å².